The molecule has 1 unspecified atom stereocenters. The Hall–Kier alpha value is -0.260. The van der Waals surface area contributed by atoms with E-state index in [-0.39, 0.29) is 0 Å². The molecule has 0 saturated heterocycles. The summed E-state index contributed by atoms with van der Waals surface area (Å²) in [6.07, 6.45) is 0.507. The predicted molar refractivity (Wildman–Crippen MR) is 56.9 cm³/mol. The van der Waals surface area contributed by atoms with E-state index >= 15 is 0 Å². The van der Waals surface area contributed by atoms with E-state index in [1.165, 1.54) is 11.8 Å². The van der Waals surface area contributed by atoms with E-state index in [1.807, 2.05) is 0 Å². The fourth-order valence-corrected chi connectivity index (χ4v) is 1.94. The van der Waals surface area contributed by atoms with Gasteiger partial charge in [0, 0.05) is 26.6 Å². The zero-order valence-corrected chi connectivity index (χ0v) is 9.73. The standard InChI is InChI=1S/C9H18O4S/c1-9(8(10)11,4-5-12-2)14-7-6-13-3/h4-7H2,1-3H3,(H,10,11). The molecule has 0 amide bonds. The largest absolute Gasteiger partial charge is 0.480 e. The predicted octanol–water partition coefficient (Wildman–Crippen LogP) is 1.25. The summed E-state index contributed by atoms with van der Waals surface area (Å²) < 4.78 is 8.99. The van der Waals surface area contributed by atoms with Crippen molar-refractivity contribution in [3.63, 3.8) is 0 Å². The number of carboxylic acid groups (broad SMARTS) is 1. The number of rotatable bonds is 8. The highest BCUT2D eigenvalue weighted by molar-refractivity contribution is 8.01. The molecule has 84 valence electrons. The first-order chi connectivity index (χ1) is 6.56. The number of aliphatic carboxylic acids is 1. The lowest BCUT2D eigenvalue weighted by Crippen LogP contribution is -2.33. The van der Waals surface area contributed by atoms with Crippen LogP contribution in [0, 0.1) is 0 Å². The van der Waals surface area contributed by atoms with Crippen molar-refractivity contribution in [1.82, 2.24) is 0 Å². The maximum atomic E-state index is 11.0. The second-order valence-corrected chi connectivity index (χ2v) is 4.72. The summed E-state index contributed by atoms with van der Waals surface area (Å²) in [5.41, 5.74) is 0. The fraction of sp³-hybridized carbons (Fsp3) is 0.889. The molecule has 0 aliphatic heterocycles. The minimum Gasteiger partial charge on any atom is -0.480 e. The maximum absolute atomic E-state index is 11.0. The monoisotopic (exact) mass is 222 g/mol. The number of hydrogen-bond donors (Lipinski definition) is 1. The Morgan fingerprint density at radius 1 is 1.36 bits per heavy atom. The zero-order valence-electron chi connectivity index (χ0n) is 8.91. The van der Waals surface area contributed by atoms with Crippen LogP contribution in [0.25, 0.3) is 0 Å². The summed E-state index contributed by atoms with van der Waals surface area (Å²) >= 11 is 1.39. The van der Waals surface area contributed by atoms with Gasteiger partial charge in [-0.3, -0.25) is 4.79 Å². The average molecular weight is 222 g/mol. The molecule has 4 nitrogen and oxygen atoms in total. The van der Waals surface area contributed by atoms with Crippen LogP contribution in [0.15, 0.2) is 0 Å². The molecule has 0 aliphatic carbocycles. The number of carboxylic acids is 1. The van der Waals surface area contributed by atoms with Crippen LogP contribution in [-0.4, -0.2) is 49.0 Å². The van der Waals surface area contributed by atoms with Gasteiger partial charge in [-0.15, -0.1) is 11.8 Å². The summed E-state index contributed by atoms with van der Waals surface area (Å²) in [6, 6.07) is 0. The van der Waals surface area contributed by atoms with Gasteiger partial charge < -0.3 is 14.6 Å². The molecule has 0 aromatic carbocycles. The molecule has 0 aliphatic rings. The lowest BCUT2D eigenvalue weighted by molar-refractivity contribution is -0.139. The van der Waals surface area contributed by atoms with Crippen LogP contribution in [0.4, 0.5) is 0 Å². The quantitative estimate of drug-likeness (QED) is 0.626. The van der Waals surface area contributed by atoms with Crippen LogP contribution >= 0.6 is 11.8 Å². The number of methoxy groups -OCH3 is 2. The van der Waals surface area contributed by atoms with E-state index in [9.17, 15) is 4.79 Å². The van der Waals surface area contributed by atoms with Gasteiger partial charge in [-0.05, 0) is 13.3 Å². The summed E-state index contributed by atoms with van der Waals surface area (Å²) in [6.45, 7) is 2.75. The van der Waals surface area contributed by atoms with Gasteiger partial charge in [0.2, 0.25) is 0 Å². The molecule has 0 bridgehead atoms. The van der Waals surface area contributed by atoms with Crippen LogP contribution in [0.3, 0.4) is 0 Å². The van der Waals surface area contributed by atoms with Gasteiger partial charge in [-0.2, -0.15) is 0 Å². The molecule has 0 heterocycles. The zero-order chi connectivity index (χ0) is 11.0. The number of hydrogen-bond acceptors (Lipinski definition) is 4. The summed E-state index contributed by atoms with van der Waals surface area (Å²) in [5.74, 6) is -0.112. The summed E-state index contributed by atoms with van der Waals surface area (Å²) in [4.78, 5) is 11.0. The molecule has 0 aromatic heterocycles. The van der Waals surface area contributed by atoms with Crippen molar-refractivity contribution >= 4 is 17.7 Å². The third-order valence-electron chi connectivity index (χ3n) is 1.94. The summed E-state index contributed by atoms with van der Waals surface area (Å²) in [5, 5.41) is 9.04. The fourth-order valence-electron chi connectivity index (χ4n) is 0.888. The van der Waals surface area contributed by atoms with Crippen molar-refractivity contribution in [1.29, 1.82) is 0 Å². The van der Waals surface area contributed by atoms with Gasteiger partial charge >= 0.3 is 5.97 Å². The Kier molecular flexibility index (Phi) is 6.96. The van der Waals surface area contributed by atoms with Crippen LogP contribution in [0.2, 0.25) is 0 Å². The van der Waals surface area contributed by atoms with Crippen molar-refractivity contribution in [3.05, 3.63) is 0 Å². The van der Waals surface area contributed by atoms with E-state index in [0.717, 1.165) is 0 Å². The Labute approximate surface area is 89.0 Å². The van der Waals surface area contributed by atoms with Gasteiger partial charge in [-0.25, -0.2) is 0 Å². The molecule has 0 aromatic rings. The van der Waals surface area contributed by atoms with Crippen molar-refractivity contribution in [2.75, 3.05) is 33.2 Å². The van der Waals surface area contributed by atoms with Crippen LogP contribution in [-0.2, 0) is 14.3 Å². The van der Waals surface area contributed by atoms with Crippen LogP contribution < -0.4 is 0 Å². The van der Waals surface area contributed by atoms with E-state index in [0.29, 0.717) is 25.4 Å². The van der Waals surface area contributed by atoms with E-state index in [2.05, 4.69) is 0 Å². The highest BCUT2D eigenvalue weighted by Gasteiger charge is 2.32. The number of ether oxygens (including phenoxy) is 2. The van der Waals surface area contributed by atoms with E-state index in [1.54, 1.807) is 21.1 Å². The molecule has 0 spiro atoms. The average Bonchev–Trinajstić information content (AvgIpc) is 2.15. The molecule has 0 rings (SSSR count). The molecule has 0 saturated carbocycles. The minimum absolute atomic E-state index is 0.461. The Bertz CT molecular complexity index is 174. The first kappa shape index (κ1) is 13.7. The highest BCUT2D eigenvalue weighted by Crippen LogP contribution is 2.28. The third kappa shape index (κ3) is 4.83. The van der Waals surface area contributed by atoms with E-state index < -0.39 is 10.7 Å². The first-order valence-electron chi connectivity index (χ1n) is 4.42. The molecule has 1 atom stereocenters. The smallest absolute Gasteiger partial charge is 0.319 e. The van der Waals surface area contributed by atoms with Crippen molar-refractivity contribution in [2.24, 2.45) is 0 Å². The second-order valence-electron chi connectivity index (χ2n) is 3.12. The number of carbonyl (C=O) groups is 1. The SMILES string of the molecule is COCCSC(C)(CCOC)C(=O)O. The topological polar surface area (TPSA) is 55.8 Å². The molecule has 5 heteroatoms. The van der Waals surface area contributed by atoms with E-state index in [4.69, 9.17) is 14.6 Å². The van der Waals surface area contributed by atoms with Crippen molar-refractivity contribution < 1.29 is 19.4 Å². The minimum atomic E-state index is -0.796. The van der Waals surface area contributed by atoms with Gasteiger partial charge in [0.15, 0.2) is 0 Å². The van der Waals surface area contributed by atoms with Crippen molar-refractivity contribution in [3.8, 4) is 0 Å². The Morgan fingerprint density at radius 3 is 2.36 bits per heavy atom. The molecular weight excluding hydrogens is 204 g/mol. The summed E-state index contributed by atoms with van der Waals surface area (Å²) in [7, 11) is 3.18. The van der Waals surface area contributed by atoms with Crippen LogP contribution in [0.1, 0.15) is 13.3 Å². The molecular formula is C9H18O4S. The lowest BCUT2D eigenvalue weighted by atomic mass is 10.1. The van der Waals surface area contributed by atoms with Gasteiger partial charge in [0.25, 0.3) is 0 Å². The normalized spacial score (nSPS) is 15.1. The van der Waals surface area contributed by atoms with Crippen molar-refractivity contribution in [2.45, 2.75) is 18.1 Å². The van der Waals surface area contributed by atoms with Gasteiger partial charge in [0.05, 0.1) is 6.61 Å². The Balaban J connectivity index is 4.03. The molecule has 0 radical (unpaired) electrons. The first-order valence-corrected chi connectivity index (χ1v) is 5.40. The van der Waals surface area contributed by atoms with Crippen LogP contribution in [0.5, 0.6) is 0 Å². The third-order valence-corrected chi connectivity index (χ3v) is 3.33. The number of thioether (sulfide) groups is 1. The maximum Gasteiger partial charge on any atom is 0.319 e. The molecule has 1 N–H and O–H groups in total. The van der Waals surface area contributed by atoms with Gasteiger partial charge in [0.1, 0.15) is 4.75 Å². The highest BCUT2D eigenvalue weighted by atomic mass is 32.2. The second kappa shape index (κ2) is 7.09. The lowest BCUT2D eigenvalue weighted by Gasteiger charge is -2.23. The molecule has 14 heavy (non-hydrogen) atoms. The van der Waals surface area contributed by atoms with Gasteiger partial charge in [-0.1, -0.05) is 0 Å². The molecule has 0 fully saturated rings. The Morgan fingerprint density at radius 2 is 1.93 bits per heavy atom.